The number of aromatic hydroxyl groups is 1. The van der Waals surface area contributed by atoms with Crippen LogP contribution in [0.2, 0.25) is 0 Å². The summed E-state index contributed by atoms with van der Waals surface area (Å²) < 4.78 is 0. The first-order valence-corrected chi connectivity index (χ1v) is 7.09. The van der Waals surface area contributed by atoms with Crippen molar-refractivity contribution in [2.24, 2.45) is 0 Å². The second-order valence-corrected chi connectivity index (χ2v) is 5.38. The summed E-state index contributed by atoms with van der Waals surface area (Å²) in [5.74, 6) is 0.263. The van der Waals surface area contributed by atoms with Crippen molar-refractivity contribution in [3.63, 3.8) is 0 Å². The smallest absolute Gasteiger partial charge is 0.238 e. The fraction of sp³-hybridized carbons (Fsp3) is 0.533. The van der Waals surface area contributed by atoms with Gasteiger partial charge in [-0.25, -0.2) is 0 Å². The Morgan fingerprint density at radius 1 is 1.30 bits per heavy atom. The van der Waals surface area contributed by atoms with Crippen LogP contribution in [0.3, 0.4) is 0 Å². The first-order chi connectivity index (χ1) is 9.56. The molecule has 0 spiro atoms. The van der Waals surface area contributed by atoms with E-state index in [9.17, 15) is 9.90 Å². The first-order valence-electron chi connectivity index (χ1n) is 7.09. The van der Waals surface area contributed by atoms with Crippen molar-refractivity contribution in [2.45, 2.75) is 20.3 Å². The third kappa shape index (κ3) is 3.95. The van der Waals surface area contributed by atoms with Gasteiger partial charge in [0, 0.05) is 18.8 Å². The largest absolute Gasteiger partial charge is 0.508 e. The first kappa shape index (κ1) is 14.8. The van der Waals surface area contributed by atoms with Gasteiger partial charge >= 0.3 is 0 Å². The zero-order valence-corrected chi connectivity index (χ0v) is 12.2. The number of hydrogen-bond acceptors (Lipinski definition) is 4. The van der Waals surface area contributed by atoms with Gasteiger partial charge in [0.15, 0.2) is 0 Å². The molecule has 1 aliphatic heterocycles. The average Bonchev–Trinajstić information content (AvgIpc) is 2.64. The Kier molecular flexibility index (Phi) is 4.98. The Balaban J connectivity index is 1.95. The zero-order chi connectivity index (χ0) is 14.5. The van der Waals surface area contributed by atoms with E-state index in [0.29, 0.717) is 6.54 Å². The molecule has 2 rings (SSSR count). The molecule has 1 aliphatic rings. The minimum atomic E-state index is 0.0000831. The third-order valence-corrected chi connectivity index (χ3v) is 3.62. The van der Waals surface area contributed by atoms with E-state index in [0.717, 1.165) is 49.4 Å². The SMILES string of the molecule is Cc1cc(NC(=O)CN2CCCNCC2)c(C)cc1O. The highest BCUT2D eigenvalue weighted by atomic mass is 16.3. The number of nitrogens with one attached hydrogen (secondary N) is 2. The number of benzene rings is 1. The fourth-order valence-corrected chi connectivity index (χ4v) is 2.39. The molecule has 5 heteroatoms. The summed E-state index contributed by atoms with van der Waals surface area (Å²) in [6.45, 7) is 7.94. The van der Waals surface area contributed by atoms with E-state index in [1.54, 1.807) is 6.07 Å². The molecule has 1 fully saturated rings. The summed E-state index contributed by atoms with van der Waals surface area (Å²) in [6, 6.07) is 3.49. The van der Waals surface area contributed by atoms with Crippen LogP contribution in [-0.2, 0) is 4.79 Å². The molecule has 20 heavy (non-hydrogen) atoms. The molecule has 5 nitrogen and oxygen atoms in total. The Morgan fingerprint density at radius 2 is 2.10 bits per heavy atom. The van der Waals surface area contributed by atoms with Crippen molar-refractivity contribution in [2.75, 3.05) is 38.0 Å². The van der Waals surface area contributed by atoms with E-state index in [4.69, 9.17) is 0 Å². The summed E-state index contributed by atoms with van der Waals surface area (Å²) >= 11 is 0. The maximum Gasteiger partial charge on any atom is 0.238 e. The van der Waals surface area contributed by atoms with Crippen molar-refractivity contribution >= 4 is 11.6 Å². The van der Waals surface area contributed by atoms with E-state index < -0.39 is 0 Å². The van der Waals surface area contributed by atoms with Crippen molar-refractivity contribution in [1.82, 2.24) is 10.2 Å². The maximum absolute atomic E-state index is 12.1. The lowest BCUT2D eigenvalue weighted by molar-refractivity contribution is -0.117. The van der Waals surface area contributed by atoms with Gasteiger partial charge in [-0.05, 0) is 56.6 Å². The number of nitrogens with zero attached hydrogens (tertiary/aromatic N) is 1. The second kappa shape index (κ2) is 6.72. The van der Waals surface area contributed by atoms with Gasteiger partial charge in [0.25, 0.3) is 0 Å². The van der Waals surface area contributed by atoms with Gasteiger partial charge < -0.3 is 15.7 Å². The molecular weight excluding hydrogens is 254 g/mol. The number of hydrogen-bond donors (Lipinski definition) is 3. The van der Waals surface area contributed by atoms with Gasteiger partial charge in [0.05, 0.1) is 6.54 Å². The summed E-state index contributed by atoms with van der Waals surface area (Å²) in [7, 11) is 0. The minimum absolute atomic E-state index is 0.0000831. The van der Waals surface area contributed by atoms with Crippen molar-refractivity contribution in [3.05, 3.63) is 23.3 Å². The molecule has 0 atom stereocenters. The van der Waals surface area contributed by atoms with E-state index in [-0.39, 0.29) is 11.7 Å². The molecule has 1 aromatic carbocycles. The van der Waals surface area contributed by atoms with Crippen LogP contribution in [-0.4, -0.2) is 48.6 Å². The molecule has 1 amide bonds. The highest BCUT2D eigenvalue weighted by Gasteiger charge is 2.14. The second-order valence-electron chi connectivity index (χ2n) is 5.38. The van der Waals surface area contributed by atoms with Crippen LogP contribution in [0.25, 0.3) is 0 Å². The molecule has 0 unspecified atom stereocenters. The number of amides is 1. The normalized spacial score (nSPS) is 16.7. The van der Waals surface area contributed by atoms with Crippen LogP contribution in [0.1, 0.15) is 17.5 Å². The van der Waals surface area contributed by atoms with Crippen LogP contribution >= 0.6 is 0 Å². The molecule has 0 radical (unpaired) electrons. The molecule has 1 aromatic rings. The molecule has 110 valence electrons. The highest BCUT2D eigenvalue weighted by molar-refractivity contribution is 5.93. The predicted molar refractivity (Wildman–Crippen MR) is 80.1 cm³/mol. The number of aryl methyl sites for hydroxylation is 2. The number of carbonyl (C=O) groups is 1. The molecule has 0 bridgehead atoms. The standard InChI is InChI=1S/C15H23N3O2/c1-11-9-14(19)12(2)8-13(11)17-15(20)10-18-6-3-4-16-5-7-18/h8-9,16,19H,3-7,10H2,1-2H3,(H,17,20). The third-order valence-electron chi connectivity index (χ3n) is 3.62. The highest BCUT2D eigenvalue weighted by Crippen LogP contribution is 2.24. The summed E-state index contributed by atoms with van der Waals surface area (Å²) in [4.78, 5) is 14.3. The Hall–Kier alpha value is -1.59. The molecule has 0 aromatic heterocycles. The average molecular weight is 277 g/mol. The lowest BCUT2D eigenvalue weighted by Gasteiger charge is -2.19. The van der Waals surface area contributed by atoms with Crippen molar-refractivity contribution in [3.8, 4) is 5.75 Å². The molecule has 0 aliphatic carbocycles. The number of phenols is 1. The number of rotatable bonds is 3. The van der Waals surface area contributed by atoms with Crippen LogP contribution in [0.5, 0.6) is 5.75 Å². The van der Waals surface area contributed by atoms with E-state index in [2.05, 4.69) is 15.5 Å². The van der Waals surface area contributed by atoms with Crippen molar-refractivity contribution < 1.29 is 9.90 Å². The Morgan fingerprint density at radius 3 is 2.90 bits per heavy atom. The fourth-order valence-electron chi connectivity index (χ4n) is 2.39. The van der Waals surface area contributed by atoms with Gasteiger partial charge in [0.2, 0.25) is 5.91 Å². The van der Waals surface area contributed by atoms with Crippen LogP contribution < -0.4 is 10.6 Å². The van der Waals surface area contributed by atoms with Crippen LogP contribution in [0.15, 0.2) is 12.1 Å². The summed E-state index contributed by atoms with van der Waals surface area (Å²) in [5, 5.41) is 15.9. The summed E-state index contributed by atoms with van der Waals surface area (Å²) in [5.41, 5.74) is 2.42. The van der Waals surface area contributed by atoms with Gasteiger partial charge in [0.1, 0.15) is 5.75 Å². The predicted octanol–water partition coefficient (Wildman–Crippen LogP) is 1.24. The summed E-state index contributed by atoms with van der Waals surface area (Å²) in [6.07, 6.45) is 1.07. The number of phenolic OH excluding ortho intramolecular Hbond substituents is 1. The maximum atomic E-state index is 12.1. The van der Waals surface area contributed by atoms with Gasteiger partial charge in [-0.15, -0.1) is 0 Å². The van der Waals surface area contributed by atoms with Crippen LogP contribution in [0.4, 0.5) is 5.69 Å². The van der Waals surface area contributed by atoms with Gasteiger partial charge in [-0.3, -0.25) is 9.69 Å². The van der Waals surface area contributed by atoms with Crippen LogP contribution in [0, 0.1) is 13.8 Å². The lowest BCUT2D eigenvalue weighted by atomic mass is 10.1. The Bertz CT molecular complexity index is 480. The van der Waals surface area contributed by atoms with E-state index in [1.807, 2.05) is 19.9 Å². The van der Waals surface area contributed by atoms with E-state index >= 15 is 0 Å². The molecule has 3 N–H and O–H groups in total. The zero-order valence-electron chi connectivity index (χ0n) is 12.2. The van der Waals surface area contributed by atoms with E-state index in [1.165, 1.54) is 0 Å². The van der Waals surface area contributed by atoms with Crippen molar-refractivity contribution in [1.29, 1.82) is 0 Å². The number of carbonyl (C=O) groups excluding carboxylic acids is 1. The number of anilines is 1. The molecule has 1 heterocycles. The lowest BCUT2D eigenvalue weighted by Crippen LogP contribution is -2.35. The van der Waals surface area contributed by atoms with Gasteiger partial charge in [-0.1, -0.05) is 0 Å². The molecular formula is C15H23N3O2. The monoisotopic (exact) mass is 277 g/mol. The Labute approximate surface area is 120 Å². The minimum Gasteiger partial charge on any atom is -0.508 e. The molecule has 0 saturated carbocycles. The molecule has 1 saturated heterocycles. The topological polar surface area (TPSA) is 64.6 Å². The quantitative estimate of drug-likeness (QED) is 0.727. The van der Waals surface area contributed by atoms with Gasteiger partial charge in [-0.2, -0.15) is 0 Å².